The second kappa shape index (κ2) is 6.58. The molecule has 1 amide bonds. The molecule has 3 aromatic rings. The number of likely N-dealkylation sites (tertiary alicyclic amines) is 1. The van der Waals surface area contributed by atoms with E-state index >= 15 is 0 Å². The van der Waals surface area contributed by atoms with Gasteiger partial charge in [-0.2, -0.15) is 5.10 Å². The predicted octanol–water partition coefficient (Wildman–Crippen LogP) is 2.27. The number of fused-ring (bicyclic) bond motifs is 2. The Hall–Kier alpha value is -2.96. The number of rotatable bonds is 4. The van der Waals surface area contributed by atoms with Crippen LogP contribution in [0.25, 0.3) is 11.0 Å². The number of nitrogens with zero attached hydrogens (tertiary/aromatic N) is 5. The molecule has 2 saturated heterocycles. The van der Waals surface area contributed by atoms with Gasteiger partial charge in [-0.1, -0.05) is 30.3 Å². The summed E-state index contributed by atoms with van der Waals surface area (Å²) in [6.07, 6.45) is 5.50. The number of carbonyl (C=O) groups excluding carboxylic acids is 1. The topological polar surface area (TPSA) is 78.0 Å². The van der Waals surface area contributed by atoms with E-state index in [0.717, 1.165) is 55.9 Å². The first-order chi connectivity index (χ1) is 13.6. The zero-order valence-electron chi connectivity index (χ0n) is 16.0. The van der Waals surface area contributed by atoms with E-state index in [1.807, 2.05) is 4.90 Å². The van der Waals surface area contributed by atoms with Gasteiger partial charge < -0.3 is 9.80 Å². The van der Waals surface area contributed by atoms with Crippen molar-refractivity contribution in [1.29, 1.82) is 0 Å². The van der Waals surface area contributed by atoms with E-state index in [9.17, 15) is 4.79 Å². The highest BCUT2D eigenvalue weighted by atomic mass is 16.2. The second-order valence-electron chi connectivity index (χ2n) is 8.15. The third-order valence-corrected chi connectivity index (χ3v) is 6.49. The van der Waals surface area contributed by atoms with Crippen molar-refractivity contribution in [1.82, 2.24) is 25.1 Å². The number of amides is 1. The number of aromatic amines is 1. The van der Waals surface area contributed by atoms with Crippen LogP contribution in [-0.4, -0.2) is 57.2 Å². The molecule has 0 bridgehead atoms. The molecular formula is C21H24N6O. The number of carbonyl (C=O) groups is 1. The van der Waals surface area contributed by atoms with Gasteiger partial charge in [0.25, 0.3) is 0 Å². The molecular weight excluding hydrogens is 352 g/mol. The Morgan fingerprint density at radius 2 is 2.07 bits per heavy atom. The van der Waals surface area contributed by atoms with E-state index in [-0.39, 0.29) is 11.3 Å². The number of nitrogens with one attached hydrogen (secondary N) is 1. The molecule has 0 radical (unpaired) electrons. The van der Waals surface area contributed by atoms with Crippen LogP contribution in [0.1, 0.15) is 18.9 Å². The first-order valence-electron chi connectivity index (χ1n) is 9.83. The van der Waals surface area contributed by atoms with E-state index in [2.05, 4.69) is 55.4 Å². The Kier molecular flexibility index (Phi) is 4.03. The normalized spacial score (nSPS) is 24.1. The summed E-state index contributed by atoms with van der Waals surface area (Å²) in [4.78, 5) is 25.3. The van der Waals surface area contributed by atoms with Crippen LogP contribution >= 0.6 is 0 Å². The van der Waals surface area contributed by atoms with Gasteiger partial charge in [0.05, 0.1) is 11.6 Å². The third-order valence-electron chi connectivity index (χ3n) is 6.49. The van der Waals surface area contributed by atoms with Crippen molar-refractivity contribution in [3.05, 3.63) is 48.4 Å². The third kappa shape index (κ3) is 2.82. The van der Waals surface area contributed by atoms with E-state index in [0.29, 0.717) is 5.92 Å². The molecule has 0 unspecified atom stereocenters. The van der Waals surface area contributed by atoms with Gasteiger partial charge in [0.2, 0.25) is 5.91 Å². The Morgan fingerprint density at radius 1 is 1.21 bits per heavy atom. The minimum Gasteiger partial charge on any atom is -0.355 e. The van der Waals surface area contributed by atoms with Crippen LogP contribution in [0, 0.1) is 11.3 Å². The molecule has 7 nitrogen and oxygen atoms in total. The fraction of sp³-hybridized carbons (Fsp3) is 0.429. The lowest BCUT2D eigenvalue weighted by Crippen LogP contribution is -2.36. The van der Waals surface area contributed by atoms with Crippen molar-refractivity contribution in [2.24, 2.45) is 11.3 Å². The van der Waals surface area contributed by atoms with Crippen molar-refractivity contribution in [2.75, 3.05) is 31.1 Å². The van der Waals surface area contributed by atoms with Crippen LogP contribution in [-0.2, 0) is 11.2 Å². The maximum atomic E-state index is 12.1. The van der Waals surface area contributed by atoms with Gasteiger partial charge in [-0.25, -0.2) is 9.97 Å². The number of anilines is 1. The molecule has 4 heterocycles. The molecule has 0 aliphatic carbocycles. The van der Waals surface area contributed by atoms with Crippen molar-refractivity contribution in [3.63, 3.8) is 0 Å². The summed E-state index contributed by atoms with van der Waals surface area (Å²) < 4.78 is 0. The van der Waals surface area contributed by atoms with Crippen molar-refractivity contribution >= 4 is 22.8 Å². The van der Waals surface area contributed by atoms with Crippen molar-refractivity contribution in [2.45, 2.75) is 19.8 Å². The zero-order chi connectivity index (χ0) is 19.1. The molecule has 2 aliphatic heterocycles. The Labute approximate surface area is 163 Å². The van der Waals surface area contributed by atoms with Gasteiger partial charge in [0, 0.05) is 44.4 Å². The molecule has 2 fully saturated rings. The largest absolute Gasteiger partial charge is 0.355 e. The highest BCUT2D eigenvalue weighted by molar-refractivity contribution is 5.86. The number of aromatic nitrogens is 4. The number of aryl methyl sites for hydroxylation is 1. The molecule has 5 rings (SSSR count). The predicted molar refractivity (Wildman–Crippen MR) is 107 cm³/mol. The maximum absolute atomic E-state index is 12.1. The summed E-state index contributed by atoms with van der Waals surface area (Å²) in [5.41, 5.74) is 2.23. The van der Waals surface area contributed by atoms with Crippen LogP contribution in [0.3, 0.4) is 0 Å². The van der Waals surface area contributed by atoms with Crippen LogP contribution in [0.4, 0.5) is 5.82 Å². The Balaban J connectivity index is 1.43. The lowest BCUT2D eigenvalue weighted by Gasteiger charge is -2.29. The fourth-order valence-corrected chi connectivity index (χ4v) is 4.98. The maximum Gasteiger partial charge on any atom is 0.219 e. The van der Waals surface area contributed by atoms with Crippen LogP contribution in [0.5, 0.6) is 0 Å². The van der Waals surface area contributed by atoms with Gasteiger partial charge in [0.1, 0.15) is 12.1 Å². The average Bonchev–Trinajstić information content (AvgIpc) is 3.39. The first kappa shape index (κ1) is 17.2. The number of H-pyrrole nitrogens is 1. The first-order valence-corrected chi connectivity index (χ1v) is 9.83. The molecule has 1 aromatic carbocycles. The SMILES string of the molecule is CC(=O)N1C[C@@H]2CN(c3ncnc4[nH]ncc34)C[C@]2(CCc2ccccc2)C1. The highest BCUT2D eigenvalue weighted by Crippen LogP contribution is 2.47. The molecule has 2 aliphatic rings. The minimum atomic E-state index is 0.0997. The summed E-state index contributed by atoms with van der Waals surface area (Å²) in [5.74, 6) is 1.58. The monoisotopic (exact) mass is 376 g/mol. The van der Waals surface area contributed by atoms with Gasteiger partial charge in [-0.15, -0.1) is 0 Å². The molecule has 7 heteroatoms. The van der Waals surface area contributed by atoms with E-state index in [4.69, 9.17) is 0 Å². The molecule has 1 N–H and O–H groups in total. The quantitative estimate of drug-likeness (QED) is 0.756. The molecule has 0 saturated carbocycles. The zero-order valence-corrected chi connectivity index (χ0v) is 16.0. The average molecular weight is 376 g/mol. The standard InChI is InChI=1S/C21H24N6O/c1-15(28)26-10-17-11-27(20-18-9-24-25-19(18)22-14-23-20)13-21(17,12-26)8-7-16-5-3-2-4-6-16/h2-6,9,14,17H,7-8,10-13H2,1H3,(H,22,23,24,25)/t17-,21+/m1/s1. The summed E-state index contributed by atoms with van der Waals surface area (Å²) in [6.45, 7) is 5.17. The van der Waals surface area contributed by atoms with Crippen molar-refractivity contribution < 1.29 is 4.79 Å². The lowest BCUT2D eigenvalue weighted by molar-refractivity contribution is -0.128. The van der Waals surface area contributed by atoms with Gasteiger partial charge in [-0.3, -0.25) is 9.89 Å². The number of benzene rings is 1. The Bertz CT molecular complexity index is 1000. The molecule has 144 valence electrons. The smallest absolute Gasteiger partial charge is 0.219 e. The second-order valence-corrected chi connectivity index (χ2v) is 8.15. The number of hydrogen-bond acceptors (Lipinski definition) is 5. The van der Waals surface area contributed by atoms with Gasteiger partial charge in [0.15, 0.2) is 5.65 Å². The highest BCUT2D eigenvalue weighted by Gasteiger charge is 2.53. The fourth-order valence-electron chi connectivity index (χ4n) is 4.98. The Morgan fingerprint density at radius 3 is 2.89 bits per heavy atom. The molecule has 2 aromatic heterocycles. The lowest BCUT2D eigenvalue weighted by atomic mass is 9.76. The molecule has 2 atom stereocenters. The molecule has 0 spiro atoms. The van der Waals surface area contributed by atoms with Gasteiger partial charge >= 0.3 is 0 Å². The van der Waals surface area contributed by atoms with E-state index < -0.39 is 0 Å². The summed E-state index contributed by atoms with van der Waals surface area (Å²) in [5, 5.41) is 8.02. The van der Waals surface area contributed by atoms with E-state index in [1.165, 1.54) is 5.56 Å². The number of hydrogen-bond donors (Lipinski definition) is 1. The van der Waals surface area contributed by atoms with Crippen molar-refractivity contribution in [3.8, 4) is 0 Å². The molecule has 28 heavy (non-hydrogen) atoms. The summed E-state index contributed by atoms with van der Waals surface area (Å²) in [6, 6.07) is 10.6. The van der Waals surface area contributed by atoms with Crippen LogP contribution < -0.4 is 4.90 Å². The van der Waals surface area contributed by atoms with Crippen LogP contribution in [0.15, 0.2) is 42.9 Å². The minimum absolute atomic E-state index is 0.0997. The summed E-state index contributed by atoms with van der Waals surface area (Å²) in [7, 11) is 0. The van der Waals surface area contributed by atoms with Gasteiger partial charge in [-0.05, 0) is 18.4 Å². The summed E-state index contributed by atoms with van der Waals surface area (Å²) >= 11 is 0. The van der Waals surface area contributed by atoms with Crippen LogP contribution in [0.2, 0.25) is 0 Å². The van der Waals surface area contributed by atoms with E-state index in [1.54, 1.807) is 19.4 Å².